The summed E-state index contributed by atoms with van der Waals surface area (Å²) in [6.45, 7) is 0.893. The van der Waals surface area contributed by atoms with Crippen molar-refractivity contribution in [3.05, 3.63) is 0 Å². The van der Waals surface area contributed by atoms with Crippen molar-refractivity contribution in [1.29, 1.82) is 0 Å². The molecule has 62 valence electrons. The molecule has 0 amide bonds. The molecule has 3 heteroatoms. The molecule has 0 heterocycles. The Balaban J connectivity index is 2.65. The van der Waals surface area contributed by atoms with Crippen LogP contribution in [-0.2, 0) is 4.74 Å². The quantitative estimate of drug-likeness (QED) is 0.555. The van der Waals surface area contributed by atoms with Crippen LogP contribution in [0.5, 0.6) is 0 Å². The van der Waals surface area contributed by atoms with Gasteiger partial charge in [0.2, 0.25) is 0 Å². The van der Waals surface area contributed by atoms with E-state index in [0.29, 0.717) is 0 Å². The smallest absolute Gasteiger partial charge is 0.0552 e. The zero-order chi connectivity index (χ0) is 7.66. The van der Waals surface area contributed by atoms with E-state index >= 15 is 0 Å². The second-order valence-corrected chi connectivity index (χ2v) is 4.16. The molecule has 0 saturated carbocycles. The highest BCUT2D eigenvalue weighted by atomic mass is 32.2. The number of rotatable bonds is 7. The van der Waals surface area contributed by atoms with Gasteiger partial charge in [0.1, 0.15) is 0 Å². The van der Waals surface area contributed by atoms with E-state index in [1.807, 2.05) is 23.5 Å². The van der Waals surface area contributed by atoms with Crippen LogP contribution in [0.4, 0.5) is 0 Å². The Kier molecular flexibility index (Phi) is 10.3. The fourth-order valence-electron chi connectivity index (χ4n) is 0.550. The molecule has 0 aromatic heterocycles. The minimum atomic E-state index is 0.893. The summed E-state index contributed by atoms with van der Waals surface area (Å²) in [6.07, 6.45) is 3.48. The van der Waals surface area contributed by atoms with Crippen LogP contribution >= 0.6 is 23.5 Å². The predicted molar refractivity (Wildman–Crippen MR) is 52.2 cm³/mol. The van der Waals surface area contributed by atoms with Crippen LogP contribution in [0.2, 0.25) is 0 Å². The van der Waals surface area contributed by atoms with Crippen LogP contribution in [-0.4, -0.2) is 37.2 Å². The van der Waals surface area contributed by atoms with Crippen LogP contribution in [0.3, 0.4) is 0 Å². The molecule has 0 aliphatic heterocycles. The standard InChI is InChI=1S/C7H16OS2/c1-8-4-7-10-6-3-5-9-2/h3-7H2,1-2H3. The molecular formula is C7H16OS2. The molecule has 0 saturated heterocycles. The lowest BCUT2D eigenvalue weighted by Gasteiger charge is -1.98. The summed E-state index contributed by atoms with van der Waals surface area (Å²) in [7, 11) is 1.75. The van der Waals surface area contributed by atoms with Gasteiger partial charge in [-0.25, -0.2) is 0 Å². The molecule has 0 N–H and O–H groups in total. The summed E-state index contributed by atoms with van der Waals surface area (Å²) in [5.41, 5.74) is 0. The molecule has 0 rings (SSSR count). The van der Waals surface area contributed by atoms with Gasteiger partial charge in [0.25, 0.3) is 0 Å². The van der Waals surface area contributed by atoms with E-state index in [-0.39, 0.29) is 0 Å². The maximum atomic E-state index is 4.92. The molecule has 0 fully saturated rings. The molecule has 0 aliphatic rings. The van der Waals surface area contributed by atoms with Crippen LogP contribution in [0.15, 0.2) is 0 Å². The second-order valence-electron chi connectivity index (χ2n) is 1.95. The van der Waals surface area contributed by atoms with Gasteiger partial charge in [0, 0.05) is 12.9 Å². The van der Waals surface area contributed by atoms with Crippen molar-refractivity contribution in [2.45, 2.75) is 6.42 Å². The van der Waals surface area contributed by atoms with Crippen molar-refractivity contribution >= 4 is 23.5 Å². The van der Waals surface area contributed by atoms with E-state index in [2.05, 4.69) is 6.26 Å². The highest BCUT2D eigenvalue weighted by Crippen LogP contribution is 2.04. The summed E-state index contributed by atoms with van der Waals surface area (Å²) in [5.74, 6) is 3.72. The molecular weight excluding hydrogens is 164 g/mol. The predicted octanol–water partition coefficient (Wildman–Crippen LogP) is 2.12. The van der Waals surface area contributed by atoms with E-state index < -0.39 is 0 Å². The number of hydrogen-bond acceptors (Lipinski definition) is 3. The molecule has 0 aliphatic carbocycles. The lowest BCUT2D eigenvalue weighted by Crippen LogP contribution is -1.93. The first-order valence-electron chi connectivity index (χ1n) is 3.47. The molecule has 0 atom stereocenters. The number of hydrogen-bond donors (Lipinski definition) is 0. The molecule has 10 heavy (non-hydrogen) atoms. The summed E-state index contributed by atoms with van der Waals surface area (Å²) in [4.78, 5) is 0. The van der Waals surface area contributed by atoms with Gasteiger partial charge in [-0.3, -0.25) is 0 Å². The van der Waals surface area contributed by atoms with Crippen molar-refractivity contribution in [2.75, 3.05) is 37.2 Å². The Morgan fingerprint density at radius 1 is 1.20 bits per heavy atom. The topological polar surface area (TPSA) is 9.23 Å². The Hall–Kier alpha value is 0.660. The number of methoxy groups -OCH3 is 1. The van der Waals surface area contributed by atoms with Gasteiger partial charge in [-0.05, 0) is 24.2 Å². The number of thioether (sulfide) groups is 2. The van der Waals surface area contributed by atoms with Crippen LogP contribution in [0, 0.1) is 0 Å². The summed E-state index contributed by atoms with van der Waals surface area (Å²) in [6, 6.07) is 0. The van der Waals surface area contributed by atoms with Gasteiger partial charge in [-0.15, -0.1) is 0 Å². The first-order chi connectivity index (χ1) is 4.91. The third kappa shape index (κ3) is 8.66. The SMILES string of the molecule is COCCSCCCSC. The van der Waals surface area contributed by atoms with Crippen molar-refractivity contribution in [3.8, 4) is 0 Å². The highest BCUT2D eigenvalue weighted by molar-refractivity contribution is 7.99. The first kappa shape index (κ1) is 10.7. The molecule has 0 unspecified atom stereocenters. The van der Waals surface area contributed by atoms with Gasteiger partial charge in [-0.2, -0.15) is 23.5 Å². The average Bonchev–Trinajstić information content (AvgIpc) is 1.97. The van der Waals surface area contributed by atoms with Crippen molar-refractivity contribution < 1.29 is 4.74 Å². The average molecular weight is 180 g/mol. The molecule has 0 aromatic carbocycles. The summed E-state index contributed by atoms with van der Waals surface area (Å²) < 4.78 is 4.92. The third-order valence-electron chi connectivity index (χ3n) is 1.07. The van der Waals surface area contributed by atoms with Gasteiger partial charge in [0.05, 0.1) is 6.61 Å². The molecule has 0 radical (unpaired) electrons. The molecule has 0 bridgehead atoms. The Bertz CT molecular complexity index is 51.6. The van der Waals surface area contributed by atoms with Gasteiger partial charge >= 0.3 is 0 Å². The maximum absolute atomic E-state index is 4.92. The normalized spacial score (nSPS) is 10.2. The van der Waals surface area contributed by atoms with Gasteiger partial charge < -0.3 is 4.74 Å². The van der Waals surface area contributed by atoms with E-state index in [9.17, 15) is 0 Å². The minimum Gasteiger partial charge on any atom is -0.384 e. The Morgan fingerprint density at radius 2 is 2.00 bits per heavy atom. The summed E-state index contributed by atoms with van der Waals surface area (Å²) >= 11 is 3.90. The van der Waals surface area contributed by atoms with Crippen LogP contribution in [0.1, 0.15) is 6.42 Å². The lowest BCUT2D eigenvalue weighted by atomic mass is 10.6. The Labute approximate surface area is 72.3 Å². The lowest BCUT2D eigenvalue weighted by molar-refractivity contribution is 0.218. The number of ether oxygens (including phenoxy) is 1. The van der Waals surface area contributed by atoms with Gasteiger partial charge in [-0.1, -0.05) is 0 Å². The zero-order valence-corrected chi connectivity index (χ0v) is 8.39. The Morgan fingerprint density at radius 3 is 2.60 bits per heavy atom. The van der Waals surface area contributed by atoms with Crippen LogP contribution < -0.4 is 0 Å². The monoisotopic (exact) mass is 180 g/mol. The van der Waals surface area contributed by atoms with Crippen molar-refractivity contribution in [3.63, 3.8) is 0 Å². The molecule has 0 spiro atoms. The van der Waals surface area contributed by atoms with Crippen molar-refractivity contribution in [1.82, 2.24) is 0 Å². The second kappa shape index (κ2) is 9.66. The molecule has 0 aromatic rings. The molecule has 1 nitrogen and oxygen atoms in total. The maximum Gasteiger partial charge on any atom is 0.0552 e. The largest absolute Gasteiger partial charge is 0.384 e. The van der Waals surface area contributed by atoms with E-state index in [0.717, 1.165) is 12.4 Å². The van der Waals surface area contributed by atoms with Crippen molar-refractivity contribution in [2.24, 2.45) is 0 Å². The fourth-order valence-corrected chi connectivity index (χ4v) is 2.00. The van der Waals surface area contributed by atoms with E-state index in [4.69, 9.17) is 4.74 Å². The minimum absolute atomic E-state index is 0.893. The zero-order valence-electron chi connectivity index (χ0n) is 6.76. The fraction of sp³-hybridized carbons (Fsp3) is 1.00. The van der Waals surface area contributed by atoms with E-state index in [1.54, 1.807) is 7.11 Å². The first-order valence-corrected chi connectivity index (χ1v) is 6.02. The van der Waals surface area contributed by atoms with E-state index in [1.165, 1.54) is 17.9 Å². The van der Waals surface area contributed by atoms with Crippen LogP contribution in [0.25, 0.3) is 0 Å². The summed E-state index contributed by atoms with van der Waals surface area (Å²) in [5, 5.41) is 0. The van der Waals surface area contributed by atoms with Gasteiger partial charge in [0.15, 0.2) is 0 Å². The highest BCUT2D eigenvalue weighted by Gasteiger charge is 1.87. The third-order valence-corrected chi connectivity index (χ3v) is 2.80.